The second kappa shape index (κ2) is 10.3. The molecule has 4 atom stereocenters. The van der Waals surface area contributed by atoms with Crippen LogP contribution in [0.3, 0.4) is 0 Å². The largest absolute Gasteiger partial charge is 0.405 e. The van der Waals surface area contributed by atoms with E-state index in [1.165, 1.54) is 10.9 Å². The number of nitrogen functional groups attached to an aromatic ring is 1. The first-order valence-corrected chi connectivity index (χ1v) is 14.8. The van der Waals surface area contributed by atoms with Crippen LogP contribution in [0.15, 0.2) is 67.0 Å². The van der Waals surface area contributed by atoms with Gasteiger partial charge in [-0.05, 0) is 15.4 Å². The molecule has 1 aliphatic heterocycles. The van der Waals surface area contributed by atoms with Gasteiger partial charge in [-0.3, -0.25) is 8.96 Å². The van der Waals surface area contributed by atoms with Gasteiger partial charge < -0.3 is 20.0 Å². The fourth-order valence-electron chi connectivity index (χ4n) is 5.43. The Bertz CT molecular complexity index is 1360. The summed E-state index contributed by atoms with van der Waals surface area (Å²) in [7, 11) is -2.89. The zero-order valence-electron chi connectivity index (χ0n) is 21.5. The molecule has 0 radical (unpaired) electrons. The minimum absolute atomic E-state index is 0.0367. The summed E-state index contributed by atoms with van der Waals surface area (Å²) in [5.74, 6) is -0.851. The Kier molecular flexibility index (Phi) is 7.27. The summed E-state index contributed by atoms with van der Waals surface area (Å²) in [5.41, 5.74) is 6.41. The molecule has 8 nitrogen and oxygen atoms in total. The number of benzene rings is 2. The van der Waals surface area contributed by atoms with Crippen molar-refractivity contribution in [3.63, 3.8) is 0 Å². The van der Waals surface area contributed by atoms with Crippen molar-refractivity contribution in [2.75, 3.05) is 19.0 Å². The topological polar surface area (TPSA) is 108 Å². The highest BCUT2D eigenvalue weighted by Crippen LogP contribution is 2.40. The number of rotatable bonds is 7. The van der Waals surface area contributed by atoms with E-state index in [0.717, 1.165) is 10.4 Å². The molecule has 11 heteroatoms. The molecule has 5 rings (SSSR count). The quantitative estimate of drug-likeness (QED) is 0.265. The Morgan fingerprint density at radius 2 is 1.68 bits per heavy atom. The second-order valence-corrected chi connectivity index (χ2v) is 15.2. The summed E-state index contributed by atoms with van der Waals surface area (Å²) in [5, 5.41) is 13.2. The Morgan fingerprint density at radius 1 is 1.08 bits per heavy atom. The van der Waals surface area contributed by atoms with Gasteiger partial charge in [-0.1, -0.05) is 93.0 Å². The smallest absolute Gasteiger partial charge is 0.261 e. The predicted molar refractivity (Wildman–Crippen MR) is 148 cm³/mol. The number of hydrogen-bond acceptors (Lipinski definition) is 7. The van der Waals surface area contributed by atoms with Crippen molar-refractivity contribution in [1.29, 1.82) is 0 Å². The van der Waals surface area contributed by atoms with E-state index in [1.807, 2.05) is 36.4 Å². The lowest BCUT2D eigenvalue weighted by molar-refractivity contribution is -0.0473. The van der Waals surface area contributed by atoms with Crippen molar-refractivity contribution in [2.45, 2.75) is 44.2 Å². The number of aromatic nitrogens is 4. The van der Waals surface area contributed by atoms with Crippen LogP contribution < -0.4 is 16.1 Å². The van der Waals surface area contributed by atoms with Crippen LogP contribution in [0.25, 0.3) is 11.2 Å². The number of ether oxygens (including phenoxy) is 1. The van der Waals surface area contributed by atoms with E-state index < -0.39 is 39.3 Å². The lowest BCUT2D eigenvalue weighted by Gasteiger charge is -2.43. The maximum Gasteiger partial charge on any atom is 0.261 e. The van der Waals surface area contributed by atoms with Gasteiger partial charge in [-0.15, -0.1) is 0 Å². The van der Waals surface area contributed by atoms with Crippen LogP contribution in [0.4, 0.5) is 10.3 Å². The molecule has 0 spiro atoms. The predicted octanol–water partition coefficient (Wildman–Crippen LogP) is 3.48. The van der Waals surface area contributed by atoms with Gasteiger partial charge in [0.1, 0.15) is 11.6 Å². The number of aliphatic hydroxyl groups is 1. The molecule has 3 N–H and O–H groups in total. The van der Waals surface area contributed by atoms with Gasteiger partial charge in [-0.2, -0.15) is 9.97 Å². The first kappa shape index (κ1) is 26.7. The minimum atomic E-state index is -2.89. The highest BCUT2D eigenvalue weighted by molar-refractivity contribution is 6.99. The maximum atomic E-state index is 14.4. The van der Waals surface area contributed by atoms with Gasteiger partial charge in [0, 0.05) is 5.92 Å². The summed E-state index contributed by atoms with van der Waals surface area (Å²) in [6.45, 7) is 5.83. The summed E-state index contributed by atoms with van der Waals surface area (Å²) in [6.07, 6.45) is -1.38. The molecule has 2 aromatic carbocycles. The van der Waals surface area contributed by atoms with Crippen molar-refractivity contribution in [3.8, 4) is 0 Å². The molecule has 0 saturated carbocycles. The zero-order valence-corrected chi connectivity index (χ0v) is 23.2. The SMILES string of the molecule is CC(C)(C)[Si](OC[C@H]1O[C@@H](n2cnc3c(Cl)nc(N)nc32)[C@H](O)[C@@H]1CF)(c1ccccc1)c1ccccc1. The van der Waals surface area contributed by atoms with Gasteiger partial charge in [0.05, 0.1) is 25.7 Å². The highest BCUT2D eigenvalue weighted by atomic mass is 35.5. The molecule has 1 fully saturated rings. The van der Waals surface area contributed by atoms with E-state index in [2.05, 4.69) is 60.0 Å². The molecule has 1 saturated heterocycles. The van der Waals surface area contributed by atoms with Crippen molar-refractivity contribution in [2.24, 2.45) is 5.92 Å². The Hall–Kier alpha value is -2.89. The van der Waals surface area contributed by atoms with Crippen molar-refractivity contribution < 1.29 is 18.7 Å². The molecule has 38 heavy (non-hydrogen) atoms. The number of alkyl halides is 1. The number of nitrogens with zero attached hydrogens (tertiary/aromatic N) is 4. The summed E-state index contributed by atoms with van der Waals surface area (Å²) >= 11 is 6.18. The average molecular weight is 556 g/mol. The molecule has 2 aromatic heterocycles. The molecular formula is C27H31ClFN5O3Si. The van der Waals surface area contributed by atoms with E-state index in [1.54, 1.807) is 0 Å². The highest BCUT2D eigenvalue weighted by Gasteiger charge is 2.52. The molecule has 200 valence electrons. The number of fused-ring (bicyclic) bond motifs is 1. The fourth-order valence-corrected chi connectivity index (χ4v) is 10.2. The molecule has 0 aliphatic carbocycles. The summed E-state index contributed by atoms with van der Waals surface area (Å²) in [4.78, 5) is 12.4. The molecule has 0 amide bonds. The van der Waals surface area contributed by atoms with Crippen molar-refractivity contribution >= 4 is 47.4 Å². The number of halogens is 2. The van der Waals surface area contributed by atoms with Gasteiger partial charge >= 0.3 is 0 Å². The van der Waals surface area contributed by atoms with Gasteiger partial charge in [0.2, 0.25) is 5.95 Å². The lowest BCUT2D eigenvalue weighted by atomic mass is 10.00. The number of imidazole rings is 1. The molecular weight excluding hydrogens is 525 g/mol. The number of nitrogens with two attached hydrogens (primary N) is 1. The fraction of sp³-hybridized carbons (Fsp3) is 0.370. The van der Waals surface area contributed by atoms with Crippen LogP contribution in [0.5, 0.6) is 0 Å². The summed E-state index contributed by atoms with van der Waals surface area (Å²) < 4.78 is 29.1. The van der Waals surface area contributed by atoms with Gasteiger partial charge in [0.25, 0.3) is 8.32 Å². The van der Waals surface area contributed by atoms with E-state index >= 15 is 0 Å². The monoisotopic (exact) mass is 555 g/mol. The average Bonchev–Trinajstić information content (AvgIpc) is 3.45. The number of hydrogen-bond donors (Lipinski definition) is 2. The Labute approximate surface area is 226 Å². The lowest BCUT2D eigenvalue weighted by Crippen LogP contribution is -2.67. The van der Waals surface area contributed by atoms with Crippen LogP contribution in [0.2, 0.25) is 10.2 Å². The third-order valence-corrected chi connectivity index (χ3v) is 12.5. The number of aliphatic hydroxyl groups excluding tert-OH is 1. The third-order valence-electron chi connectivity index (χ3n) is 7.25. The van der Waals surface area contributed by atoms with Gasteiger partial charge in [0.15, 0.2) is 17.0 Å². The van der Waals surface area contributed by atoms with Crippen LogP contribution in [-0.2, 0) is 9.16 Å². The van der Waals surface area contributed by atoms with Crippen LogP contribution in [0, 0.1) is 5.92 Å². The molecule has 0 unspecified atom stereocenters. The van der Waals surface area contributed by atoms with Crippen molar-refractivity contribution in [3.05, 3.63) is 72.1 Å². The van der Waals surface area contributed by atoms with Crippen LogP contribution in [0.1, 0.15) is 27.0 Å². The molecule has 1 aliphatic rings. The van der Waals surface area contributed by atoms with E-state index in [0.29, 0.717) is 11.2 Å². The van der Waals surface area contributed by atoms with Crippen LogP contribution >= 0.6 is 11.6 Å². The standard InChI is InChI=1S/C27H31ClFN5O3Si/c1-27(2,3)38(17-10-6-4-7-11-17,18-12-8-5-9-13-18)36-15-20-19(14-29)22(35)25(37-20)34-16-31-21-23(28)32-26(30)33-24(21)34/h4-13,16,19-20,22,25,35H,14-15H2,1-3H3,(H2,30,32,33)/t19-,20-,22-,25-/m1/s1. The molecule has 3 heterocycles. The minimum Gasteiger partial charge on any atom is -0.405 e. The van der Waals surface area contributed by atoms with E-state index in [4.69, 9.17) is 26.5 Å². The maximum absolute atomic E-state index is 14.4. The molecule has 0 bridgehead atoms. The second-order valence-electron chi connectivity index (χ2n) is 10.5. The first-order chi connectivity index (χ1) is 18.2. The Morgan fingerprint density at radius 3 is 2.24 bits per heavy atom. The number of anilines is 1. The first-order valence-electron chi connectivity index (χ1n) is 12.5. The van der Waals surface area contributed by atoms with E-state index in [9.17, 15) is 9.50 Å². The summed E-state index contributed by atoms with van der Waals surface area (Å²) in [6, 6.07) is 20.4. The zero-order chi connectivity index (χ0) is 27.1. The third kappa shape index (κ3) is 4.50. The van der Waals surface area contributed by atoms with E-state index in [-0.39, 0.29) is 22.7 Å². The normalized spacial score (nSPS) is 22.3. The molecule has 4 aromatic rings. The van der Waals surface area contributed by atoms with Gasteiger partial charge in [-0.25, -0.2) is 4.98 Å². The Balaban J connectivity index is 1.50. The van der Waals surface area contributed by atoms with Crippen LogP contribution in [-0.4, -0.2) is 58.4 Å². The van der Waals surface area contributed by atoms with Crippen molar-refractivity contribution in [1.82, 2.24) is 19.5 Å².